The summed E-state index contributed by atoms with van der Waals surface area (Å²) < 4.78 is 18.3. The van der Waals surface area contributed by atoms with Crippen LogP contribution in [-0.4, -0.2) is 12.1 Å². The van der Waals surface area contributed by atoms with Crippen molar-refractivity contribution in [3.05, 3.63) is 59.2 Å². The highest BCUT2D eigenvalue weighted by atomic mass is 79.9. The van der Waals surface area contributed by atoms with Crippen LogP contribution in [0.3, 0.4) is 0 Å². The first-order chi connectivity index (χ1) is 9.10. The van der Waals surface area contributed by atoms with E-state index in [0.29, 0.717) is 0 Å². The first-order valence-electron chi connectivity index (χ1n) is 5.99. The van der Waals surface area contributed by atoms with Gasteiger partial charge < -0.3 is 4.74 Å². The third-order valence-electron chi connectivity index (χ3n) is 2.90. The number of benzene rings is 1. The molecule has 4 heteroatoms. The lowest BCUT2D eigenvalue weighted by atomic mass is 10.1. The summed E-state index contributed by atoms with van der Waals surface area (Å²) in [5.41, 5.74) is 3.11. The normalized spacial score (nSPS) is 12.2. The second-order valence-electron chi connectivity index (χ2n) is 4.39. The Bertz CT molecular complexity index is 557. The second-order valence-corrected chi connectivity index (χ2v) is 5.50. The Kier molecular flexibility index (Phi) is 4.53. The number of aromatic nitrogens is 1. The summed E-state index contributed by atoms with van der Waals surface area (Å²) in [7, 11) is 1.47. The van der Waals surface area contributed by atoms with Crippen LogP contribution in [0.1, 0.15) is 21.6 Å². The van der Waals surface area contributed by atoms with Crippen LogP contribution in [0.4, 0.5) is 4.39 Å². The van der Waals surface area contributed by atoms with Crippen LogP contribution in [0.15, 0.2) is 36.5 Å². The summed E-state index contributed by atoms with van der Waals surface area (Å²) in [6.07, 6.45) is 2.59. The van der Waals surface area contributed by atoms with E-state index in [0.717, 1.165) is 23.2 Å². The van der Waals surface area contributed by atoms with E-state index in [9.17, 15) is 4.39 Å². The van der Waals surface area contributed by atoms with Crippen LogP contribution in [0.25, 0.3) is 0 Å². The zero-order chi connectivity index (χ0) is 13.8. The molecule has 1 heterocycles. The molecule has 1 unspecified atom stereocenters. The van der Waals surface area contributed by atoms with E-state index in [-0.39, 0.29) is 16.4 Å². The zero-order valence-electron chi connectivity index (χ0n) is 10.9. The zero-order valence-corrected chi connectivity index (χ0v) is 12.4. The van der Waals surface area contributed by atoms with Gasteiger partial charge in [-0.3, -0.25) is 4.98 Å². The summed E-state index contributed by atoms with van der Waals surface area (Å²) in [4.78, 5) is 4.45. The van der Waals surface area contributed by atoms with E-state index in [1.54, 1.807) is 12.1 Å². The van der Waals surface area contributed by atoms with Crippen molar-refractivity contribution in [3.63, 3.8) is 0 Å². The maximum atomic E-state index is 13.4. The molecular formula is C15H15BrFNO. The monoisotopic (exact) mass is 323 g/mol. The maximum absolute atomic E-state index is 13.4. The molecule has 0 spiro atoms. The fourth-order valence-electron chi connectivity index (χ4n) is 1.79. The summed E-state index contributed by atoms with van der Waals surface area (Å²) in [6, 6.07) is 8.93. The molecule has 2 rings (SSSR count). The molecule has 0 radical (unpaired) electrons. The quantitative estimate of drug-likeness (QED) is 0.786. The highest BCUT2D eigenvalue weighted by Gasteiger charge is 2.12. The lowest BCUT2D eigenvalue weighted by Crippen LogP contribution is -1.99. The van der Waals surface area contributed by atoms with Crippen molar-refractivity contribution in [1.29, 1.82) is 0 Å². The Labute approximate surface area is 120 Å². The minimum Gasteiger partial charge on any atom is -0.494 e. The lowest BCUT2D eigenvalue weighted by molar-refractivity contribution is 0.386. The molecule has 0 fully saturated rings. The van der Waals surface area contributed by atoms with Gasteiger partial charge in [0.1, 0.15) is 0 Å². The van der Waals surface area contributed by atoms with Crippen molar-refractivity contribution in [2.24, 2.45) is 0 Å². The summed E-state index contributed by atoms with van der Waals surface area (Å²) in [5.74, 6) is -0.0850. The minimum atomic E-state index is -0.348. The molecule has 100 valence electrons. The molecule has 0 saturated heterocycles. The number of methoxy groups -OCH3 is 1. The molecule has 0 N–H and O–H groups in total. The van der Waals surface area contributed by atoms with Gasteiger partial charge in [0.25, 0.3) is 0 Å². The molecule has 0 amide bonds. The highest BCUT2D eigenvalue weighted by molar-refractivity contribution is 9.09. The third kappa shape index (κ3) is 3.53. The predicted octanol–water partition coefficient (Wildman–Crippen LogP) is 4.22. The summed E-state index contributed by atoms with van der Waals surface area (Å²) in [5, 5.41) is 0. The van der Waals surface area contributed by atoms with Gasteiger partial charge in [-0.25, -0.2) is 4.39 Å². The van der Waals surface area contributed by atoms with Gasteiger partial charge in [-0.2, -0.15) is 0 Å². The lowest BCUT2D eigenvalue weighted by Gasteiger charge is -2.12. The highest BCUT2D eigenvalue weighted by Crippen LogP contribution is 2.30. The maximum Gasteiger partial charge on any atom is 0.165 e. The molecule has 1 aromatic heterocycles. The molecule has 0 aliphatic carbocycles. The van der Waals surface area contributed by atoms with Crippen molar-refractivity contribution in [1.82, 2.24) is 4.98 Å². The molecule has 0 aliphatic rings. The van der Waals surface area contributed by atoms with Gasteiger partial charge >= 0.3 is 0 Å². The van der Waals surface area contributed by atoms with E-state index >= 15 is 0 Å². The van der Waals surface area contributed by atoms with E-state index in [1.807, 2.05) is 25.3 Å². The molecule has 1 aromatic carbocycles. The van der Waals surface area contributed by atoms with E-state index < -0.39 is 0 Å². The van der Waals surface area contributed by atoms with E-state index in [2.05, 4.69) is 20.9 Å². The number of nitrogens with zero attached hydrogens (tertiary/aromatic N) is 1. The van der Waals surface area contributed by atoms with Gasteiger partial charge in [0, 0.05) is 23.1 Å². The first-order valence-corrected chi connectivity index (χ1v) is 6.90. The fraction of sp³-hybridized carbons (Fsp3) is 0.267. The molecular weight excluding hydrogens is 309 g/mol. The molecule has 0 aliphatic heterocycles. The molecule has 2 nitrogen and oxygen atoms in total. The van der Waals surface area contributed by atoms with Gasteiger partial charge in [-0.1, -0.05) is 28.1 Å². The van der Waals surface area contributed by atoms with Crippen molar-refractivity contribution in [2.75, 3.05) is 7.11 Å². The van der Waals surface area contributed by atoms with Crippen molar-refractivity contribution in [3.8, 4) is 5.75 Å². The Morgan fingerprint density at radius 2 is 2.11 bits per heavy atom. The number of hydrogen-bond acceptors (Lipinski definition) is 2. The molecule has 19 heavy (non-hydrogen) atoms. The predicted molar refractivity (Wildman–Crippen MR) is 77.3 cm³/mol. The minimum absolute atomic E-state index is 0.0807. The van der Waals surface area contributed by atoms with Crippen LogP contribution in [0.5, 0.6) is 5.75 Å². The smallest absolute Gasteiger partial charge is 0.165 e. The van der Waals surface area contributed by atoms with Gasteiger partial charge in [0.05, 0.1) is 7.11 Å². The number of aryl methyl sites for hydroxylation is 1. The largest absolute Gasteiger partial charge is 0.494 e. The molecule has 0 saturated carbocycles. The molecule has 1 atom stereocenters. The molecule has 2 aromatic rings. The first kappa shape index (κ1) is 14.0. The van der Waals surface area contributed by atoms with Gasteiger partial charge in [-0.05, 0) is 36.2 Å². The Hall–Kier alpha value is -1.42. The third-order valence-corrected chi connectivity index (χ3v) is 3.75. The van der Waals surface area contributed by atoms with Crippen molar-refractivity contribution >= 4 is 15.9 Å². The standard InChI is InChI=1S/C15H15BrFNO/c1-10-3-5-12(18-9-10)8-13(16)11-4-6-14(17)15(7-11)19-2/h3-7,9,13H,8H2,1-2H3. The fourth-order valence-corrected chi connectivity index (χ4v) is 2.41. The number of halogens is 2. The van der Waals surface area contributed by atoms with Gasteiger partial charge in [0.15, 0.2) is 11.6 Å². The number of hydrogen-bond donors (Lipinski definition) is 0. The number of alkyl halides is 1. The van der Waals surface area contributed by atoms with Crippen molar-refractivity contribution < 1.29 is 9.13 Å². The van der Waals surface area contributed by atoms with E-state index in [4.69, 9.17) is 4.74 Å². The average molecular weight is 324 g/mol. The van der Waals surface area contributed by atoms with Crippen LogP contribution in [0.2, 0.25) is 0 Å². The summed E-state index contributed by atoms with van der Waals surface area (Å²) in [6.45, 7) is 2.01. The average Bonchev–Trinajstić information content (AvgIpc) is 2.42. The summed E-state index contributed by atoms with van der Waals surface area (Å²) >= 11 is 3.61. The van der Waals surface area contributed by atoms with Crippen LogP contribution < -0.4 is 4.74 Å². The Morgan fingerprint density at radius 1 is 1.32 bits per heavy atom. The van der Waals surface area contributed by atoms with Crippen LogP contribution in [-0.2, 0) is 6.42 Å². The van der Waals surface area contributed by atoms with Gasteiger partial charge in [-0.15, -0.1) is 0 Å². The van der Waals surface area contributed by atoms with Crippen LogP contribution >= 0.6 is 15.9 Å². The topological polar surface area (TPSA) is 22.1 Å². The number of rotatable bonds is 4. The SMILES string of the molecule is COc1cc(C(Br)Cc2ccc(C)cn2)ccc1F. The van der Waals surface area contributed by atoms with Crippen LogP contribution in [0, 0.1) is 12.7 Å². The Balaban J connectivity index is 2.15. The number of pyridine rings is 1. The number of ether oxygens (including phenoxy) is 1. The second kappa shape index (κ2) is 6.15. The van der Waals surface area contributed by atoms with Gasteiger partial charge in [0.2, 0.25) is 0 Å². The van der Waals surface area contributed by atoms with Crippen molar-refractivity contribution in [2.45, 2.75) is 18.2 Å². The van der Waals surface area contributed by atoms with E-state index in [1.165, 1.54) is 13.2 Å². The Morgan fingerprint density at radius 3 is 2.74 bits per heavy atom. The molecule has 0 bridgehead atoms.